The number of nitrogens with one attached hydrogen (secondary N) is 1. The Kier molecular flexibility index (Phi) is 3.81. The molecule has 1 heterocycles. The molecule has 0 radical (unpaired) electrons. The second kappa shape index (κ2) is 5.36. The highest BCUT2D eigenvalue weighted by Gasteiger charge is 2.38. The predicted octanol–water partition coefficient (Wildman–Crippen LogP) is 3.46. The monoisotopic (exact) mass is 251 g/mol. The summed E-state index contributed by atoms with van der Waals surface area (Å²) in [6.07, 6.45) is 12.1. The molecular weight excluding hydrogens is 226 g/mol. The van der Waals surface area contributed by atoms with Gasteiger partial charge in [0.1, 0.15) is 0 Å². The molecule has 0 amide bonds. The number of hydrogen-bond acceptors (Lipinski definition) is 2. The van der Waals surface area contributed by atoms with Crippen LogP contribution in [0.25, 0.3) is 0 Å². The van der Waals surface area contributed by atoms with Crippen LogP contribution in [0.5, 0.6) is 0 Å². The van der Waals surface area contributed by atoms with Gasteiger partial charge in [0.05, 0.1) is 0 Å². The minimum Gasteiger partial charge on any atom is -0.313 e. The van der Waals surface area contributed by atoms with Gasteiger partial charge in [-0.3, -0.25) is 0 Å². The van der Waals surface area contributed by atoms with Crippen molar-refractivity contribution >= 4 is 11.8 Å². The summed E-state index contributed by atoms with van der Waals surface area (Å²) in [7, 11) is 0. The molecule has 3 aliphatic rings. The van der Waals surface area contributed by atoms with Crippen molar-refractivity contribution in [3.05, 3.63) is 12.2 Å². The van der Waals surface area contributed by atoms with Crippen LogP contribution in [0.15, 0.2) is 12.2 Å². The quantitative estimate of drug-likeness (QED) is 0.768. The molecule has 0 spiro atoms. The molecule has 1 saturated heterocycles. The van der Waals surface area contributed by atoms with E-state index in [9.17, 15) is 0 Å². The summed E-state index contributed by atoms with van der Waals surface area (Å²) in [5.74, 6) is 4.11. The third-order valence-corrected chi connectivity index (χ3v) is 6.31. The van der Waals surface area contributed by atoms with E-state index in [0.29, 0.717) is 0 Å². The molecule has 1 saturated carbocycles. The fourth-order valence-corrected chi connectivity index (χ4v) is 5.09. The summed E-state index contributed by atoms with van der Waals surface area (Å²) in [6.45, 7) is 3.65. The van der Waals surface area contributed by atoms with Crippen molar-refractivity contribution in [3.8, 4) is 0 Å². The van der Waals surface area contributed by atoms with Crippen molar-refractivity contribution in [1.29, 1.82) is 0 Å². The first-order chi connectivity index (χ1) is 8.33. The normalized spacial score (nSPS) is 41.9. The molecule has 0 aromatic rings. The van der Waals surface area contributed by atoms with E-state index in [1.807, 2.05) is 0 Å². The van der Waals surface area contributed by atoms with Crippen LogP contribution < -0.4 is 5.32 Å². The van der Waals surface area contributed by atoms with Gasteiger partial charge in [-0.2, -0.15) is 11.8 Å². The summed E-state index contributed by atoms with van der Waals surface area (Å²) in [5.41, 5.74) is 0. The molecule has 1 nitrogen and oxygen atoms in total. The predicted molar refractivity (Wildman–Crippen MR) is 76.4 cm³/mol. The molecule has 96 valence electrons. The van der Waals surface area contributed by atoms with Gasteiger partial charge < -0.3 is 5.32 Å². The summed E-state index contributed by atoms with van der Waals surface area (Å²) < 4.78 is 0. The number of rotatable bonds is 4. The van der Waals surface area contributed by atoms with Crippen LogP contribution in [-0.2, 0) is 0 Å². The summed E-state index contributed by atoms with van der Waals surface area (Å²) in [4.78, 5) is 0. The number of allylic oxidation sites excluding steroid dienone is 2. The van der Waals surface area contributed by atoms with E-state index < -0.39 is 0 Å². The van der Waals surface area contributed by atoms with E-state index in [1.165, 1.54) is 44.4 Å². The van der Waals surface area contributed by atoms with Gasteiger partial charge >= 0.3 is 0 Å². The molecule has 3 rings (SSSR count). The molecule has 5 unspecified atom stereocenters. The number of fused-ring (bicyclic) bond motifs is 2. The van der Waals surface area contributed by atoms with Crippen molar-refractivity contribution in [1.82, 2.24) is 5.32 Å². The second-order valence-electron chi connectivity index (χ2n) is 6.13. The fraction of sp³-hybridized carbons (Fsp3) is 0.867. The van der Waals surface area contributed by atoms with E-state index in [-0.39, 0.29) is 0 Å². The van der Waals surface area contributed by atoms with Crippen LogP contribution in [0, 0.1) is 17.8 Å². The first-order valence-electron chi connectivity index (χ1n) is 7.36. The Hall–Kier alpha value is 0.0500. The van der Waals surface area contributed by atoms with Crippen LogP contribution in [0.4, 0.5) is 0 Å². The Morgan fingerprint density at radius 1 is 1.29 bits per heavy atom. The highest BCUT2D eigenvalue weighted by atomic mass is 32.2. The Bertz CT molecular complexity index is 283. The summed E-state index contributed by atoms with van der Waals surface area (Å²) in [5, 5.41) is 4.71. The standard InChI is InChI=1S/C15H25NS/c1-11(15-9-12-5-6-13(15)8-12)16-10-14-4-2-3-7-17-14/h5-6,11-16H,2-4,7-10H2,1H3. The van der Waals surface area contributed by atoms with E-state index in [4.69, 9.17) is 0 Å². The molecule has 1 aliphatic heterocycles. The van der Waals surface area contributed by atoms with Gasteiger partial charge in [0.25, 0.3) is 0 Å². The molecule has 2 bridgehead atoms. The van der Waals surface area contributed by atoms with Gasteiger partial charge in [0.15, 0.2) is 0 Å². The molecule has 1 N–H and O–H groups in total. The van der Waals surface area contributed by atoms with Crippen LogP contribution >= 0.6 is 11.8 Å². The smallest absolute Gasteiger partial charge is 0.0172 e. The van der Waals surface area contributed by atoms with Crippen molar-refractivity contribution < 1.29 is 0 Å². The van der Waals surface area contributed by atoms with Crippen molar-refractivity contribution in [2.24, 2.45) is 17.8 Å². The lowest BCUT2D eigenvalue weighted by molar-refractivity contribution is 0.326. The Balaban J connectivity index is 1.44. The van der Waals surface area contributed by atoms with Gasteiger partial charge in [0.2, 0.25) is 0 Å². The minimum absolute atomic E-state index is 0.720. The molecule has 0 aromatic heterocycles. The van der Waals surface area contributed by atoms with E-state index >= 15 is 0 Å². The molecule has 2 fully saturated rings. The maximum absolute atomic E-state index is 3.82. The van der Waals surface area contributed by atoms with Crippen LogP contribution in [0.2, 0.25) is 0 Å². The second-order valence-corrected chi connectivity index (χ2v) is 7.54. The van der Waals surface area contributed by atoms with Gasteiger partial charge in [0, 0.05) is 17.8 Å². The largest absolute Gasteiger partial charge is 0.313 e. The lowest BCUT2D eigenvalue weighted by Gasteiger charge is -2.29. The average molecular weight is 251 g/mol. The van der Waals surface area contributed by atoms with Crippen LogP contribution in [-0.4, -0.2) is 23.6 Å². The zero-order valence-electron chi connectivity index (χ0n) is 10.9. The Morgan fingerprint density at radius 2 is 2.24 bits per heavy atom. The lowest BCUT2D eigenvalue weighted by atomic mass is 9.87. The zero-order valence-corrected chi connectivity index (χ0v) is 11.7. The third-order valence-electron chi connectivity index (χ3n) is 4.91. The molecule has 2 heteroatoms. The van der Waals surface area contributed by atoms with Crippen molar-refractivity contribution in [2.45, 2.75) is 50.3 Å². The van der Waals surface area contributed by atoms with Gasteiger partial charge in [-0.1, -0.05) is 18.6 Å². The lowest BCUT2D eigenvalue weighted by Crippen LogP contribution is -2.39. The van der Waals surface area contributed by atoms with E-state index in [2.05, 4.69) is 36.2 Å². The van der Waals surface area contributed by atoms with Crippen LogP contribution in [0.3, 0.4) is 0 Å². The molecule has 2 aliphatic carbocycles. The number of thioether (sulfide) groups is 1. The van der Waals surface area contributed by atoms with Crippen LogP contribution in [0.1, 0.15) is 39.0 Å². The number of hydrogen-bond donors (Lipinski definition) is 1. The van der Waals surface area contributed by atoms with Gasteiger partial charge in [-0.15, -0.1) is 0 Å². The fourth-order valence-electron chi connectivity index (χ4n) is 3.84. The molecule has 0 aromatic carbocycles. The van der Waals surface area contributed by atoms with Crippen molar-refractivity contribution in [2.75, 3.05) is 12.3 Å². The van der Waals surface area contributed by atoms with E-state index in [0.717, 1.165) is 29.0 Å². The van der Waals surface area contributed by atoms with E-state index in [1.54, 1.807) is 0 Å². The first kappa shape index (κ1) is 12.1. The maximum Gasteiger partial charge on any atom is 0.0172 e. The third kappa shape index (κ3) is 2.73. The summed E-state index contributed by atoms with van der Waals surface area (Å²) >= 11 is 2.19. The highest BCUT2D eigenvalue weighted by molar-refractivity contribution is 7.99. The SMILES string of the molecule is CC(NCC1CCCCS1)C1CC2C=CC1C2. The maximum atomic E-state index is 3.82. The highest BCUT2D eigenvalue weighted by Crippen LogP contribution is 2.44. The minimum atomic E-state index is 0.720. The zero-order chi connectivity index (χ0) is 11.7. The Morgan fingerprint density at radius 3 is 2.88 bits per heavy atom. The Labute approximate surface area is 110 Å². The van der Waals surface area contributed by atoms with Gasteiger partial charge in [-0.05, 0) is 56.1 Å². The topological polar surface area (TPSA) is 12.0 Å². The molecule has 17 heavy (non-hydrogen) atoms. The van der Waals surface area contributed by atoms with Gasteiger partial charge in [-0.25, -0.2) is 0 Å². The first-order valence-corrected chi connectivity index (χ1v) is 8.41. The molecular formula is C15H25NS. The van der Waals surface area contributed by atoms with Crippen molar-refractivity contribution in [3.63, 3.8) is 0 Å². The average Bonchev–Trinajstić information content (AvgIpc) is 2.99. The summed E-state index contributed by atoms with van der Waals surface area (Å²) in [6, 6.07) is 0.720. The molecule has 5 atom stereocenters.